The number of hydrogen-bond donors (Lipinski definition) is 2. The van der Waals surface area contributed by atoms with Gasteiger partial charge >= 0.3 is 0 Å². The molecule has 0 spiro atoms. The molecule has 6 nitrogen and oxygen atoms in total. The van der Waals surface area contributed by atoms with Gasteiger partial charge < -0.3 is 10.2 Å². The van der Waals surface area contributed by atoms with Gasteiger partial charge in [0.05, 0.1) is 10.3 Å². The number of carbonyl (C=O) groups excluding carboxylic acids is 1. The lowest BCUT2D eigenvalue weighted by Gasteiger charge is -2.10. The number of thiophene rings is 1. The van der Waals surface area contributed by atoms with Crippen molar-refractivity contribution in [3.05, 3.63) is 15.9 Å². The van der Waals surface area contributed by atoms with Gasteiger partial charge in [0.15, 0.2) is 0 Å². The summed E-state index contributed by atoms with van der Waals surface area (Å²) in [5, 5.41) is 2.63. The first-order valence-corrected chi connectivity index (χ1v) is 8.57. The van der Waals surface area contributed by atoms with Gasteiger partial charge in [0.1, 0.15) is 4.21 Å². The number of hydrogen-bond acceptors (Lipinski definition) is 5. The van der Waals surface area contributed by atoms with Crippen LogP contribution in [0.3, 0.4) is 0 Å². The summed E-state index contributed by atoms with van der Waals surface area (Å²) < 4.78 is 26.8. The number of sulfonamides is 1. The van der Waals surface area contributed by atoms with Gasteiger partial charge in [0.25, 0.3) is 10.0 Å². The van der Waals surface area contributed by atoms with Crippen molar-refractivity contribution < 1.29 is 13.2 Å². The molecule has 1 heterocycles. The molecule has 0 saturated carbocycles. The molecule has 9 heteroatoms. The minimum absolute atomic E-state index is 0.181. The summed E-state index contributed by atoms with van der Waals surface area (Å²) in [5.74, 6) is -0.346. The first kappa shape index (κ1) is 16.6. The van der Waals surface area contributed by atoms with Gasteiger partial charge in [0, 0.05) is 13.1 Å². The highest BCUT2D eigenvalue weighted by Gasteiger charge is 2.17. The van der Waals surface area contributed by atoms with E-state index in [1.165, 1.54) is 6.07 Å². The lowest BCUT2D eigenvalue weighted by molar-refractivity contribution is -0.119. The Kier molecular flexibility index (Phi) is 6.40. The molecule has 0 unspecified atom stereocenters. The summed E-state index contributed by atoms with van der Waals surface area (Å²) in [4.78, 5) is 13.4. The highest BCUT2D eigenvalue weighted by molar-refractivity contribution is 9.11. The quantitative estimate of drug-likeness (QED) is 0.731. The fourth-order valence-electron chi connectivity index (χ4n) is 1.16. The standard InChI is InChI=1S/C10H16BrN3O3S2/c1-14(2)6-5-12-9(15)7-13-19(16,17)10-4-3-8(11)18-10/h3-4,13H,5-7H2,1-2H3,(H,12,15). The van der Waals surface area contributed by atoms with E-state index in [2.05, 4.69) is 26.0 Å². The Bertz CT molecular complexity index is 528. The molecular weight excluding hydrogens is 354 g/mol. The molecule has 1 aromatic heterocycles. The van der Waals surface area contributed by atoms with Gasteiger partial charge in [-0.15, -0.1) is 11.3 Å². The molecule has 19 heavy (non-hydrogen) atoms. The van der Waals surface area contributed by atoms with Crippen LogP contribution in [0.25, 0.3) is 0 Å². The van der Waals surface area contributed by atoms with Crippen molar-refractivity contribution in [3.63, 3.8) is 0 Å². The van der Waals surface area contributed by atoms with Crippen molar-refractivity contribution >= 4 is 43.2 Å². The molecule has 0 aromatic carbocycles. The average molecular weight is 370 g/mol. The van der Waals surface area contributed by atoms with E-state index in [0.29, 0.717) is 13.1 Å². The van der Waals surface area contributed by atoms with Crippen LogP contribution < -0.4 is 10.0 Å². The second-order valence-electron chi connectivity index (χ2n) is 4.04. The minimum Gasteiger partial charge on any atom is -0.354 e. The molecule has 0 radical (unpaired) electrons. The Hall–Kier alpha value is -0.480. The molecule has 0 atom stereocenters. The molecule has 0 aliphatic rings. The number of amides is 1. The van der Waals surface area contributed by atoms with Crippen LogP contribution in [0.15, 0.2) is 20.1 Å². The van der Waals surface area contributed by atoms with Crippen LogP contribution in [0, 0.1) is 0 Å². The third kappa shape index (κ3) is 6.00. The first-order chi connectivity index (χ1) is 8.81. The summed E-state index contributed by atoms with van der Waals surface area (Å²) in [5.41, 5.74) is 0. The first-order valence-electron chi connectivity index (χ1n) is 5.47. The van der Waals surface area contributed by atoms with Crippen molar-refractivity contribution in [2.24, 2.45) is 0 Å². The van der Waals surface area contributed by atoms with Gasteiger partial charge in [-0.3, -0.25) is 4.79 Å². The molecule has 0 saturated heterocycles. The number of rotatable bonds is 7. The van der Waals surface area contributed by atoms with Crippen molar-refractivity contribution in [2.45, 2.75) is 4.21 Å². The largest absolute Gasteiger partial charge is 0.354 e. The van der Waals surface area contributed by atoms with E-state index >= 15 is 0 Å². The second-order valence-corrected chi connectivity index (χ2v) is 8.49. The van der Waals surface area contributed by atoms with Crippen molar-refractivity contribution in [1.29, 1.82) is 0 Å². The van der Waals surface area contributed by atoms with Gasteiger partial charge in [-0.2, -0.15) is 0 Å². The van der Waals surface area contributed by atoms with Crippen molar-refractivity contribution in [1.82, 2.24) is 14.9 Å². The molecule has 108 valence electrons. The van der Waals surface area contributed by atoms with Crippen molar-refractivity contribution in [2.75, 3.05) is 33.7 Å². The van der Waals surface area contributed by atoms with E-state index in [1.807, 2.05) is 19.0 Å². The third-order valence-electron chi connectivity index (χ3n) is 2.12. The normalized spacial score (nSPS) is 11.8. The van der Waals surface area contributed by atoms with Gasteiger partial charge in [-0.05, 0) is 42.2 Å². The van der Waals surface area contributed by atoms with Crippen LogP contribution in [0.1, 0.15) is 0 Å². The van der Waals surface area contributed by atoms with Crippen LogP contribution in [0.5, 0.6) is 0 Å². The number of nitrogens with one attached hydrogen (secondary N) is 2. The molecular formula is C10H16BrN3O3S2. The summed E-state index contributed by atoms with van der Waals surface area (Å²) >= 11 is 4.29. The maximum Gasteiger partial charge on any atom is 0.250 e. The number of nitrogens with zero attached hydrogens (tertiary/aromatic N) is 1. The Labute approximate surface area is 125 Å². The predicted octanol–water partition coefficient (Wildman–Crippen LogP) is 0.467. The topological polar surface area (TPSA) is 78.5 Å². The van der Waals surface area contributed by atoms with Crippen LogP contribution in [0.4, 0.5) is 0 Å². The van der Waals surface area contributed by atoms with E-state index in [0.717, 1.165) is 15.1 Å². The molecule has 0 bridgehead atoms. The monoisotopic (exact) mass is 369 g/mol. The zero-order valence-corrected chi connectivity index (χ0v) is 13.9. The van der Waals surface area contributed by atoms with Crippen LogP contribution in [-0.2, 0) is 14.8 Å². The number of likely N-dealkylation sites (N-methyl/N-ethyl adjacent to an activating group) is 1. The van der Waals surface area contributed by atoms with Gasteiger partial charge in [-0.1, -0.05) is 0 Å². The minimum atomic E-state index is -3.61. The summed E-state index contributed by atoms with van der Waals surface area (Å²) in [6, 6.07) is 3.14. The molecule has 0 aliphatic heterocycles. The van der Waals surface area contributed by atoms with E-state index in [4.69, 9.17) is 0 Å². The lowest BCUT2D eigenvalue weighted by atomic mass is 10.5. The Morgan fingerprint density at radius 3 is 2.63 bits per heavy atom. The Morgan fingerprint density at radius 2 is 2.11 bits per heavy atom. The van der Waals surface area contributed by atoms with E-state index in [-0.39, 0.29) is 16.7 Å². The predicted molar refractivity (Wildman–Crippen MR) is 78.8 cm³/mol. The zero-order valence-electron chi connectivity index (χ0n) is 10.6. The van der Waals surface area contributed by atoms with Crippen LogP contribution >= 0.6 is 27.3 Å². The van der Waals surface area contributed by atoms with Gasteiger partial charge in [0.2, 0.25) is 5.91 Å². The Morgan fingerprint density at radius 1 is 1.42 bits per heavy atom. The van der Waals surface area contributed by atoms with E-state index in [1.54, 1.807) is 6.07 Å². The molecule has 0 aliphatic carbocycles. The molecule has 1 aromatic rings. The number of carbonyl (C=O) groups is 1. The lowest BCUT2D eigenvalue weighted by Crippen LogP contribution is -2.39. The average Bonchev–Trinajstić information content (AvgIpc) is 2.74. The maximum absolute atomic E-state index is 11.8. The smallest absolute Gasteiger partial charge is 0.250 e. The maximum atomic E-state index is 11.8. The van der Waals surface area contributed by atoms with Crippen molar-refractivity contribution in [3.8, 4) is 0 Å². The summed E-state index contributed by atoms with van der Waals surface area (Å²) in [6.45, 7) is 0.930. The van der Waals surface area contributed by atoms with Crippen LogP contribution in [0.2, 0.25) is 0 Å². The Balaban J connectivity index is 2.41. The van der Waals surface area contributed by atoms with E-state index in [9.17, 15) is 13.2 Å². The molecule has 0 fully saturated rings. The fraction of sp³-hybridized carbons (Fsp3) is 0.500. The highest BCUT2D eigenvalue weighted by Crippen LogP contribution is 2.25. The van der Waals surface area contributed by atoms with Gasteiger partial charge in [-0.25, -0.2) is 13.1 Å². The van der Waals surface area contributed by atoms with Crippen LogP contribution in [-0.4, -0.2) is 53.0 Å². The molecule has 2 N–H and O–H groups in total. The zero-order chi connectivity index (χ0) is 14.5. The van der Waals surface area contributed by atoms with E-state index < -0.39 is 10.0 Å². The SMILES string of the molecule is CN(C)CCNC(=O)CNS(=O)(=O)c1ccc(Br)s1. The molecule has 1 amide bonds. The third-order valence-corrected chi connectivity index (χ3v) is 5.63. The highest BCUT2D eigenvalue weighted by atomic mass is 79.9. The fourth-order valence-corrected chi connectivity index (χ4v) is 4.19. The summed E-state index contributed by atoms with van der Waals surface area (Å²) in [7, 11) is 0.176. The number of halogens is 1. The molecule has 1 rings (SSSR count). The second kappa shape index (κ2) is 7.34. The summed E-state index contributed by atoms with van der Waals surface area (Å²) in [6.07, 6.45) is 0.